The fraction of sp³-hybridized carbons (Fsp3) is 0.704. The second-order valence-electron chi connectivity index (χ2n) is 23.7. The maximum Gasteiger partial charge on any atom is 0.250 e. The number of sulfone groups is 6. The zero-order valence-corrected chi connectivity index (χ0v) is 61.6. The lowest BCUT2D eigenvalue weighted by molar-refractivity contribution is -0.105. The molecule has 4 aromatic heterocycles. The van der Waals surface area contributed by atoms with E-state index in [1.807, 2.05) is 27.7 Å². The second kappa shape index (κ2) is 29.6. The van der Waals surface area contributed by atoms with Crippen LogP contribution in [0.1, 0.15) is 140 Å². The number of sulfonamides is 2. The molecule has 8 atom stereocenters. The van der Waals surface area contributed by atoms with Crippen LogP contribution >= 0.6 is 45.3 Å². The maximum absolute atomic E-state index is 13.9. The number of thiophene rings is 4. The number of nitrogens with one attached hydrogen (secondary N) is 5. The van der Waals surface area contributed by atoms with Crippen LogP contribution in [-0.4, -0.2) is 185 Å². The molecule has 4 aromatic rings. The number of ether oxygens (including phenoxy) is 4. The van der Waals surface area contributed by atoms with Gasteiger partial charge in [-0.3, -0.25) is 0 Å². The largest absolute Gasteiger partial charge is 0.381 e. The molecule has 0 amide bonds. The molecule has 0 aliphatic carbocycles. The Kier molecular flexibility index (Phi) is 24.4. The smallest absolute Gasteiger partial charge is 0.250 e. The Morgan fingerprint density at radius 1 is 0.429 bits per heavy atom. The number of hydrogen-bond donors (Lipinski definition) is 5. The van der Waals surface area contributed by atoms with E-state index in [0.29, 0.717) is 93.7 Å². The van der Waals surface area contributed by atoms with E-state index in [2.05, 4.69) is 25.4 Å². The molecular weight excluding hydrogens is 1420 g/mol. The third-order valence-corrected chi connectivity index (χ3v) is 40.8. The van der Waals surface area contributed by atoms with Gasteiger partial charge in [-0.15, -0.1) is 45.3 Å². The van der Waals surface area contributed by atoms with E-state index < -0.39 is 123 Å². The van der Waals surface area contributed by atoms with Crippen molar-refractivity contribution in [1.82, 2.24) is 25.4 Å². The van der Waals surface area contributed by atoms with Crippen LogP contribution in [-0.2, 0) is 98.0 Å². The van der Waals surface area contributed by atoms with Crippen molar-refractivity contribution in [2.75, 3.05) is 97.1 Å². The summed E-state index contributed by atoms with van der Waals surface area (Å²) in [6.45, 7) is 12.4. The van der Waals surface area contributed by atoms with Gasteiger partial charge in [-0.25, -0.2) is 76.8 Å². The molecule has 0 fully saturated rings. The highest BCUT2D eigenvalue weighted by molar-refractivity contribution is 7.98. The van der Waals surface area contributed by atoms with E-state index in [9.17, 15) is 67.3 Å². The summed E-state index contributed by atoms with van der Waals surface area (Å²) >= 11 is 2.72. The van der Waals surface area contributed by atoms with Crippen LogP contribution in [0.5, 0.6) is 0 Å². The first kappa shape index (κ1) is 74.8. The van der Waals surface area contributed by atoms with Crippen molar-refractivity contribution in [3.05, 3.63) is 46.5 Å². The fourth-order valence-corrected chi connectivity index (χ4v) is 32.7. The Balaban J connectivity index is 1.00. The molecule has 8 heterocycles. The van der Waals surface area contributed by atoms with Gasteiger partial charge in [-0.2, -0.15) is 0 Å². The molecule has 4 aliphatic rings. The second-order valence-corrected chi connectivity index (χ2v) is 46.8. The topological polar surface area (TPSA) is 370 Å². The van der Waals surface area contributed by atoms with Crippen molar-refractivity contribution in [2.24, 2.45) is 5.41 Å². The summed E-state index contributed by atoms with van der Waals surface area (Å²) in [5, 5.41) is 6.81. The quantitative estimate of drug-likeness (QED) is 0.0371. The van der Waals surface area contributed by atoms with Crippen molar-refractivity contribution in [2.45, 2.75) is 173 Å². The molecule has 4 aliphatic heterocycles. The van der Waals surface area contributed by atoms with E-state index in [4.69, 9.17) is 18.9 Å². The Labute approximate surface area is 552 Å². The van der Waals surface area contributed by atoms with Crippen LogP contribution in [0, 0.1) is 5.41 Å². The molecule has 0 saturated heterocycles. The molecule has 516 valence electrons. The first-order valence-corrected chi connectivity index (χ1v) is 45.7. The van der Waals surface area contributed by atoms with Gasteiger partial charge in [0.25, 0.3) is 0 Å². The molecular formula is C54H83N5O20S12. The van der Waals surface area contributed by atoms with Crippen LogP contribution in [0.15, 0.2) is 57.9 Å². The van der Waals surface area contributed by atoms with Gasteiger partial charge in [0.05, 0.1) is 77.6 Å². The molecule has 0 spiro atoms. The highest BCUT2D eigenvalue weighted by atomic mass is 32.3. The van der Waals surface area contributed by atoms with Crippen LogP contribution in [0.3, 0.4) is 0 Å². The average Bonchev–Trinajstić information content (AvgIpc) is 1.68. The summed E-state index contributed by atoms with van der Waals surface area (Å²) in [5.74, 6) is -1.10. The molecule has 0 bridgehead atoms. The van der Waals surface area contributed by atoms with Crippen molar-refractivity contribution < 1.29 is 86.3 Å². The first-order chi connectivity index (χ1) is 42.5. The lowest BCUT2D eigenvalue weighted by atomic mass is 9.92. The van der Waals surface area contributed by atoms with E-state index in [1.165, 1.54) is 24.3 Å². The van der Waals surface area contributed by atoms with Gasteiger partial charge in [0.1, 0.15) is 33.7 Å². The summed E-state index contributed by atoms with van der Waals surface area (Å²) in [6, 6.07) is 4.40. The molecule has 0 aromatic carbocycles. The SMILES string of the molecule is CCN[C@H]1C[C@H](C)S(=O)(=O)c2sc(S(=O)(=O)CCCOCC(COCCCS(=O)(=O)c3cc4c(s3)S(=O)(=O)[C@@H](C)C[C@@H]4NCC)(COCCNS(=O)(=O)c3cc4c(s3)S(=O)(=O)[C@@H](C)C[C@@H]4NCC)COCCNS(=O)(=O)c3cc4c(s3)S(=O)(=O)[C@@H](C)C[C@@H]4C)cc21. The van der Waals surface area contributed by atoms with Crippen LogP contribution in [0.2, 0.25) is 0 Å². The van der Waals surface area contributed by atoms with Crippen molar-refractivity contribution >= 4 is 124 Å². The predicted molar refractivity (Wildman–Crippen MR) is 349 cm³/mol. The minimum Gasteiger partial charge on any atom is -0.381 e. The molecule has 91 heavy (non-hydrogen) atoms. The lowest BCUT2D eigenvalue weighted by Gasteiger charge is -2.33. The predicted octanol–water partition coefficient (Wildman–Crippen LogP) is 5.29. The van der Waals surface area contributed by atoms with Gasteiger partial charge in [0.2, 0.25) is 20.0 Å². The monoisotopic (exact) mass is 1510 g/mol. The van der Waals surface area contributed by atoms with Crippen molar-refractivity contribution in [1.29, 1.82) is 0 Å². The zero-order valence-electron chi connectivity index (χ0n) is 51.8. The van der Waals surface area contributed by atoms with Crippen LogP contribution in [0.25, 0.3) is 0 Å². The van der Waals surface area contributed by atoms with Crippen molar-refractivity contribution in [3.63, 3.8) is 0 Å². The lowest BCUT2D eigenvalue weighted by Crippen LogP contribution is -2.43. The van der Waals surface area contributed by atoms with Gasteiger partial charge in [0.15, 0.2) is 59.0 Å². The molecule has 25 nitrogen and oxygen atoms in total. The summed E-state index contributed by atoms with van der Waals surface area (Å²) in [6.07, 6.45) is 0.944. The Morgan fingerprint density at radius 3 is 1.05 bits per heavy atom. The summed E-state index contributed by atoms with van der Waals surface area (Å²) in [4.78, 5) is 0. The van der Waals surface area contributed by atoms with Crippen LogP contribution in [0.4, 0.5) is 0 Å². The normalized spacial score (nSPS) is 24.5. The summed E-state index contributed by atoms with van der Waals surface area (Å²) in [5.41, 5.74) is 0.189. The number of hydrogen-bond acceptors (Lipinski definition) is 27. The van der Waals surface area contributed by atoms with Gasteiger partial charge < -0.3 is 34.9 Å². The van der Waals surface area contributed by atoms with Crippen molar-refractivity contribution in [3.8, 4) is 0 Å². The van der Waals surface area contributed by atoms with E-state index in [0.717, 1.165) is 0 Å². The highest BCUT2D eigenvalue weighted by Gasteiger charge is 2.44. The van der Waals surface area contributed by atoms with E-state index >= 15 is 0 Å². The summed E-state index contributed by atoms with van der Waals surface area (Å²) < 4.78 is 246. The minimum absolute atomic E-state index is 0.00138. The maximum atomic E-state index is 13.9. The third-order valence-electron chi connectivity index (χ3n) is 16.6. The number of rotatable bonds is 34. The van der Waals surface area contributed by atoms with Gasteiger partial charge >= 0.3 is 0 Å². The van der Waals surface area contributed by atoms with Gasteiger partial charge in [-0.05, 0) is 133 Å². The fourth-order valence-electron chi connectivity index (χ4n) is 11.5. The van der Waals surface area contributed by atoms with E-state index in [1.54, 1.807) is 27.7 Å². The van der Waals surface area contributed by atoms with Gasteiger partial charge in [-0.1, -0.05) is 27.7 Å². The van der Waals surface area contributed by atoms with E-state index in [-0.39, 0.29) is 150 Å². The third kappa shape index (κ3) is 16.5. The molecule has 0 unspecified atom stereocenters. The highest BCUT2D eigenvalue weighted by Crippen LogP contribution is 2.47. The molecule has 37 heteroatoms. The van der Waals surface area contributed by atoms with Gasteiger partial charge in [0, 0.05) is 50.0 Å². The first-order valence-electron chi connectivity index (χ1n) is 30.0. The summed E-state index contributed by atoms with van der Waals surface area (Å²) in [7, 11) is -31.8. The Morgan fingerprint density at radius 2 is 0.714 bits per heavy atom. The average molecular weight is 1510 g/mol. The molecule has 8 rings (SSSR count). The Hall–Kier alpha value is -1.96. The minimum atomic E-state index is -4.30. The van der Waals surface area contributed by atoms with Crippen LogP contribution < -0.4 is 25.4 Å². The zero-order chi connectivity index (χ0) is 66.9. The Bertz CT molecular complexity index is 3880. The number of fused-ring (bicyclic) bond motifs is 4. The molecule has 0 saturated carbocycles. The standard InChI is InChI=1S/C54H83N5O20S12/c1-9-55-43-23-36(6)87(66,67)51-40(43)27-46(80-51)84(60,61)20-12-16-76-30-54(32-78-18-14-58-90(72,73)48-26-39-34(4)22-35(5)86(64,65)50(39)82-48,31-77-17-13-21-85(62,63)47-28-41-44(56-10-2)24-37(7)88(68,69)52(41)81-47)33-79-19-15-59-91(74,75)49-29-42-45(57-11-3)25-38(8)89(70,71)53(42)83-49/h26-29,34-38,43-45,55-59H,9-25,30-33H2,1-8H3/t34-,35-,36-,37-,38-,43-,44-,45-/m0/s1. The molecule has 0 radical (unpaired) electrons. The molecule has 5 N–H and O–H groups in total.